The molecule has 3 nitrogen and oxygen atoms in total. The Morgan fingerprint density at radius 2 is 1.89 bits per heavy atom. The molecule has 1 amide bonds. The highest BCUT2D eigenvalue weighted by Crippen LogP contribution is 2.30. The quantitative estimate of drug-likeness (QED) is 0.793. The summed E-state index contributed by atoms with van der Waals surface area (Å²) in [6.07, 6.45) is 7.74. The highest BCUT2D eigenvalue weighted by atomic mass is 16.1. The van der Waals surface area contributed by atoms with Gasteiger partial charge in [-0.15, -0.1) is 0 Å². The lowest BCUT2D eigenvalue weighted by Gasteiger charge is -2.35. The minimum atomic E-state index is 0.167. The zero-order valence-electron chi connectivity index (χ0n) is 11.8. The minimum absolute atomic E-state index is 0.167. The van der Waals surface area contributed by atoms with Gasteiger partial charge < -0.3 is 11.1 Å². The van der Waals surface area contributed by atoms with Crippen molar-refractivity contribution in [2.75, 3.05) is 0 Å². The van der Waals surface area contributed by atoms with Gasteiger partial charge in [0.15, 0.2) is 0 Å². The van der Waals surface area contributed by atoms with Crippen LogP contribution in [0.4, 0.5) is 0 Å². The van der Waals surface area contributed by atoms with E-state index in [0.29, 0.717) is 12.0 Å². The van der Waals surface area contributed by atoms with E-state index < -0.39 is 0 Å². The van der Waals surface area contributed by atoms with Gasteiger partial charge >= 0.3 is 0 Å². The van der Waals surface area contributed by atoms with E-state index in [2.05, 4.69) is 19.2 Å². The molecule has 3 heteroatoms. The van der Waals surface area contributed by atoms with Crippen LogP contribution in [-0.4, -0.2) is 18.0 Å². The topological polar surface area (TPSA) is 55.1 Å². The molecule has 0 spiro atoms. The Morgan fingerprint density at radius 1 is 1.11 bits per heavy atom. The maximum Gasteiger partial charge on any atom is 0.223 e. The summed E-state index contributed by atoms with van der Waals surface area (Å²) >= 11 is 0. The molecule has 104 valence electrons. The first-order chi connectivity index (χ1) is 8.56. The van der Waals surface area contributed by atoms with E-state index in [1.807, 2.05) is 0 Å². The summed E-state index contributed by atoms with van der Waals surface area (Å²) in [4.78, 5) is 12.3. The van der Waals surface area contributed by atoms with Gasteiger partial charge in [0.1, 0.15) is 0 Å². The molecule has 2 saturated carbocycles. The second kappa shape index (κ2) is 6.05. The molecule has 0 saturated heterocycles. The molecule has 0 aromatic carbocycles. The molecule has 0 heterocycles. The Morgan fingerprint density at radius 3 is 2.56 bits per heavy atom. The molecule has 0 aliphatic heterocycles. The molecule has 5 unspecified atom stereocenters. The van der Waals surface area contributed by atoms with Crippen LogP contribution in [0.1, 0.15) is 58.8 Å². The zero-order valence-corrected chi connectivity index (χ0v) is 11.8. The van der Waals surface area contributed by atoms with Gasteiger partial charge in [0.05, 0.1) is 0 Å². The third-order valence-corrected chi connectivity index (χ3v) is 4.84. The lowest BCUT2D eigenvalue weighted by molar-refractivity contribution is -0.127. The molecule has 5 atom stereocenters. The van der Waals surface area contributed by atoms with Crippen molar-refractivity contribution in [1.29, 1.82) is 0 Å². The van der Waals surface area contributed by atoms with Crippen molar-refractivity contribution in [3.8, 4) is 0 Å². The van der Waals surface area contributed by atoms with Gasteiger partial charge in [-0.1, -0.05) is 20.3 Å². The summed E-state index contributed by atoms with van der Waals surface area (Å²) in [7, 11) is 0. The van der Waals surface area contributed by atoms with Crippen LogP contribution in [0.3, 0.4) is 0 Å². The first kappa shape index (κ1) is 13.9. The SMILES string of the molecule is CC1CCC(NC(=O)C2CCCC(N)C2)C(C)C1. The zero-order chi connectivity index (χ0) is 13.1. The van der Waals surface area contributed by atoms with Crippen LogP contribution >= 0.6 is 0 Å². The third-order valence-electron chi connectivity index (χ3n) is 4.84. The maximum atomic E-state index is 12.3. The summed E-state index contributed by atoms with van der Waals surface area (Å²) in [6.45, 7) is 4.59. The fraction of sp³-hybridized carbons (Fsp3) is 0.933. The molecule has 0 bridgehead atoms. The highest BCUT2D eigenvalue weighted by Gasteiger charge is 2.30. The molecule has 18 heavy (non-hydrogen) atoms. The van der Waals surface area contributed by atoms with Crippen molar-refractivity contribution >= 4 is 5.91 Å². The van der Waals surface area contributed by atoms with Gasteiger partial charge in [-0.25, -0.2) is 0 Å². The summed E-state index contributed by atoms with van der Waals surface area (Å²) in [5.41, 5.74) is 5.96. The van der Waals surface area contributed by atoms with Crippen LogP contribution in [0, 0.1) is 17.8 Å². The predicted molar refractivity (Wildman–Crippen MR) is 74.0 cm³/mol. The Labute approximate surface area is 111 Å². The molecule has 2 aliphatic rings. The van der Waals surface area contributed by atoms with Gasteiger partial charge in [0.25, 0.3) is 0 Å². The number of nitrogens with two attached hydrogens (primary N) is 1. The van der Waals surface area contributed by atoms with E-state index in [4.69, 9.17) is 5.73 Å². The lowest BCUT2D eigenvalue weighted by atomic mass is 9.79. The normalized spacial score (nSPS) is 41.4. The van der Waals surface area contributed by atoms with E-state index in [9.17, 15) is 4.79 Å². The number of hydrogen-bond donors (Lipinski definition) is 2. The predicted octanol–water partition coefficient (Wildman–Crippen LogP) is 2.44. The molecule has 2 aliphatic carbocycles. The van der Waals surface area contributed by atoms with E-state index in [1.165, 1.54) is 12.8 Å². The number of carbonyl (C=O) groups is 1. The van der Waals surface area contributed by atoms with Gasteiger partial charge in [-0.05, 0) is 50.4 Å². The van der Waals surface area contributed by atoms with E-state index >= 15 is 0 Å². The van der Waals surface area contributed by atoms with Crippen molar-refractivity contribution < 1.29 is 4.79 Å². The number of rotatable bonds is 2. The van der Waals surface area contributed by atoms with Gasteiger partial charge in [0.2, 0.25) is 5.91 Å². The average molecular weight is 252 g/mol. The standard InChI is InChI=1S/C15H28N2O/c1-10-6-7-14(11(2)8-10)17-15(18)12-4-3-5-13(16)9-12/h10-14H,3-9,16H2,1-2H3,(H,17,18). The average Bonchev–Trinajstić information content (AvgIpc) is 2.32. The van der Waals surface area contributed by atoms with Gasteiger partial charge in [0, 0.05) is 18.0 Å². The highest BCUT2D eigenvalue weighted by molar-refractivity contribution is 5.79. The van der Waals surface area contributed by atoms with E-state index in [1.54, 1.807) is 0 Å². The second-order valence-corrected chi connectivity index (χ2v) is 6.63. The molecule has 3 N–H and O–H groups in total. The summed E-state index contributed by atoms with van der Waals surface area (Å²) in [6, 6.07) is 0.630. The molecule has 0 radical (unpaired) electrons. The minimum Gasteiger partial charge on any atom is -0.353 e. The van der Waals surface area contributed by atoms with E-state index in [-0.39, 0.29) is 17.9 Å². The fourth-order valence-electron chi connectivity index (χ4n) is 3.65. The van der Waals surface area contributed by atoms with E-state index in [0.717, 1.165) is 38.0 Å². The van der Waals surface area contributed by atoms with Crippen molar-refractivity contribution in [1.82, 2.24) is 5.32 Å². The first-order valence-corrected chi connectivity index (χ1v) is 7.62. The van der Waals surface area contributed by atoms with Crippen LogP contribution in [0.25, 0.3) is 0 Å². The molecule has 2 rings (SSSR count). The summed E-state index contributed by atoms with van der Waals surface area (Å²) in [5, 5.41) is 3.28. The van der Waals surface area contributed by atoms with Gasteiger partial charge in [-0.3, -0.25) is 4.79 Å². The lowest BCUT2D eigenvalue weighted by Crippen LogP contribution is -2.46. The van der Waals surface area contributed by atoms with Crippen LogP contribution < -0.4 is 11.1 Å². The smallest absolute Gasteiger partial charge is 0.223 e. The molecular weight excluding hydrogens is 224 g/mol. The van der Waals surface area contributed by atoms with Crippen LogP contribution in [0.15, 0.2) is 0 Å². The van der Waals surface area contributed by atoms with Crippen molar-refractivity contribution in [3.63, 3.8) is 0 Å². The Hall–Kier alpha value is -0.570. The Balaban J connectivity index is 1.83. The largest absolute Gasteiger partial charge is 0.353 e. The Kier molecular flexibility index (Phi) is 4.66. The first-order valence-electron chi connectivity index (χ1n) is 7.62. The van der Waals surface area contributed by atoms with Crippen molar-refractivity contribution in [2.24, 2.45) is 23.5 Å². The molecule has 2 fully saturated rings. The number of amides is 1. The number of nitrogens with one attached hydrogen (secondary N) is 1. The van der Waals surface area contributed by atoms with Crippen molar-refractivity contribution in [2.45, 2.75) is 70.9 Å². The third kappa shape index (κ3) is 3.47. The van der Waals surface area contributed by atoms with Gasteiger partial charge in [-0.2, -0.15) is 0 Å². The number of carbonyl (C=O) groups excluding carboxylic acids is 1. The Bertz CT molecular complexity index is 292. The monoisotopic (exact) mass is 252 g/mol. The second-order valence-electron chi connectivity index (χ2n) is 6.63. The fourth-order valence-corrected chi connectivity index (χ4v) is 3.65. The number of hydrogen-bond acceptors (Lipinski definition) is 2. The van der Waals surface area contributed by atoms with Crippen LogP contribution in [0.2, 0.25) is 0 Å². The van der Waals surface area contributed by atoms with Crippen molar-refractivity contribution in [3.05, 3.63) is 0 Å². The maximum absolute atomic E-state index is 12.3. The molecule has 0 aromatic heterocycles. The molecular formula is C15H28N2O. The molecule has 0 aromatic rings. The van der Waals surface area contributed by atoms with Crippen LogP contribution in [0.5, 0.6) is 0 Å². The van der Waals surface area contributed by atoms with Crippen LogP contribution in [-0.2, 0) is 4.79 Å². The summed E-state index contributed by atoms with van der Waals surface area (Å²) < 4.78 is 0. The summed E-state index contributed by atoms with van der Waals surface area (Å²) in [5.74, 6) is 1.86.